The summed E-state index contributed by atoms with van der Waals surface area (Å²) in [5.41, 5.74) is 10.0. The molecule has 60 heavy (non-hydrogen) atoms. The van der Waals surface area contributed by atoms with Crippen LogP contribution in [0.2, 0.25) is 0 Å². The number of nitrogens with two attached hydrogens (primary N) is 1. The molecule has 10 N–H and O–H groups in total. The van der Waals surface area contributed by atoms with Gasteiger partial charge in [0.1, 0.15) is 36.1 Å². The van der Waals surface area contributed by atoms with Crippen molar-refractivity contribution in [1.29, 1.82) is 0 Å². The number of aliphatic hydroxyl groups excluding tert-OH is 6. The van der Waals surface area contributed by atoms with E-state index < -0.39 is 59.6 Å². The van der Waals surface area contributed by atoms with Crippen LogP contribution in [0, 0.1) is 33.1 Å². The van der Waals surface area contributed by atoms with Gasteiger partial charge < -0.3 is 51.0 Å². The number of nitrogens with zero attached hydrogens (tertiary/aromatic N) is 6. The monoisotopic (exact) mass is 866 g/mol. The predicted octanol–water partition coefficient (Wildman–Crippen LogP) is -2.33. The number of nitrogen functional groups attached to an aromatic ring is 1. The molecule has 322 valence electrons. The van der Waals surface area contributed by atoms with Crippen LogP contribution < -0.4 is 26.9 Å². The van der Waals surface area contributed by atoms with Gasteiger partial charge in [0.25, 0.3) is 5.56 Å². The van der Waals surface area contributed by atoms with Gasteiger partial charge in [0.2, 0.25) is 11.4 Å². The number of rotatable bonds is 16. The molecule has 0 bridgehead atoms. The van der Waals surface area contributed by atoms with Gasteiger partial charge in [-0.25, -0.2) is 19.7 Å². The van der Waals surface area contributed by atoms with E-state index in [1.165, 1.54) is 4.57 Å². The fourth-order valence-corrected chi connectivity index (χ4v) is 6.69. The Morgan fingerprint density at radius 2 is 1.72 bits per heavy atom. The molecule has 0 spiro atoms. The van der Waals surface area contributed by atoms with Crippen molar-refractivity contribution >= 4 is 69.6 Å². The second-order valence-corrected chi connectivity index (χ2v) is 15.7. The number of aryl methyl sites for hydroxylation is 3. The third-order valence-corrected chi connectivity index (χ3v) is 10.8. The molecular weight excluding hydrogens is 814 g/mol. The molecule has 0 unspecified atom stereocenters. The van der Waals surface area contributed by atoms with Crippen LogP contribution in [0.3, 0.4) is 0 Å². The summed E-state index contributed by atoms with van der Waals surface area (Å²) in [4.78, 5) is 67.3. The molecule has 0 aliphatic carbocycles. The van der Waals surface area contributed by atoms with E-state index in [9.17, 15) is 44.7 Å². The summed E-state index contributed by atoms with van der Waals surface area (Å²) in [6.45, 7) is 10.2. The first-order chi connectivity index (χ1) is 27.8. The van der Waals surface area contributed by atoms with Crippen molar-refractivity contribution in [2.24, 2.45) is 5.41 Å². The first kappa shape index (κ1) is 50.1. The zero-order valence-corrected chi connectivity index (χ0v) is 34.5. The summed E-state index contributed by atoms with van der Waals surface area (Å²) in [6.07, 6.45) is -3.75. The van der Waals surface area contributed by atoms with Crippen LogP contribution in [0.4, 0.5) is 5.82 Å². The number of fused-ring (bicyclic) bond motifs is 2. The molecule has 0 radical (unpaired) electrons. The van der Waals surface area contributed by atoms with Crippen molar-refractivity contribution in [3.8, 4) is 11.5 Å². The summed E-state index contributed by atoms with van der Waals surface area (Å²) in [6, 6.07) is 3.53. The molecule has 2 aliphatic rings. The van der Waals surface area contributed by atoms with Gasteiger partial charge in [0.15, 0.2) is 23.8 Å². The molecule has 22 heteroatoms. The number of aromatic nitrogens is 7. The van der Waals surface area contributed by atoms with Crippen molar-refractivity contribution < 1.29 is 49.5 Å². The predicted molar refractivity (Wildman–Crippen MR) is 221 cm³/mol. The molecule has 0 saturated carbocycles. The first-order valence-electron chi connectivity index (χ1n) is 18.6. The number of hydrogen-bond acceptors (Lipinski definition) is 17. The minimum atomic E-state index is -1.64. The third-order valence-electron chi connectivity index (χ3n) is 9.70. The molecular formula is C38H53N9NaO11S+. The Bertz CT molecular complexity index is 2350. The normalized spacial score (nSPS) is 13.5. The summed E-state index contributed by atoms with van der Waals surface area (Å²) < 4.78 is 8.71. The van der Waals surface area contributed by atoms with Crippen LogP contribution >= 0.6 is 11.3 Å². The van der Waals surface area contributed by atoms with Gasteiger partial charge in [-0.1, -0.05) is 25.2 Å². The van der Waals surface area contributed by atoms with Crippen LogP contribution in [-0.2, 0) is 33.8 Å². The van der Waals surface area contributed by atoms with E-state index in [-0.39, 0.29) is 73.8 Å². The van der Waals surface area contributed by atoms with Gasteiger partial charge in [-0.3, -0.25) is 19.4 Å². The number of anilines is 1. The first-order valence-corrected chi connectivity index (χ1v) is 19.5. The second-order valence-electron chi connectivity index (χ2n) is 14.7. The number of hydrogen-bond donors (Lipinski definition) is 9. The Morgan fingerprint density at radius 1 is 1.03 bits per heavy atom. The number of benzene rings is 1. The number of carbonyl (C=O) groups excluding carboxylic acids is 2. The number of nitrogens with one attached hydrogen (secondary N) is 2. The van der Waals surface area contributed by atoms with Gasteiger partial charge in [-0.2, -0.15) is 9.55 Å². The number of ether oxygens (including phenoxy) is 1. The number of H-pyrrole nitrogens is 1. The average Bonchev–Trinajstić information content (AvgIpc) is 3.53. The van der Waals surface area contributed by atoms with Crippen molar-refractivity contribution in [2.45, 2.75) is 91.9 Å². The van der Waals surface area contributed by atoms with E-state index >= 15 is 0 Å². The number of carbonyl (C=O) groups is 2. The average molecular weight is 867 g/mol. The molecule has 1 amide bonds. The molecule has 4 heterocycles. The van der Waals surface area contributed by atoms with E-state index in [1.807, 2.05) is 26.3 Å². The summed E-state index contributed by atoms with van der Waals surface area (Å²) in [5, 5.41) is 60.4. The standard InChI is InChI=1S/C21H31N5O5S.C17H20N4O6.Na.H/c1-13-16(32-12-26(13)10-15-9-24-14(2)25-19(15)22)6-8-31-17(28)5-7-23-20(30)18(29)21(3,4)11-27;1-7-3-9-10(4-8(7)2)21(5-11(23)14(25)12(24)6-22)15-13(18-9)16(26)20-17(27)19-15;;/h9,12,18,27,29H,5-8,10-11H2,1-4H3,(H2-,22,23,24,25,30);3-4,11-12,14,22-25H,5-6H2,1-2H3,(H,20,26,27);;/p+1/t18-;11-,12+,14-;;/m00../s1. The van der Waals surface area contributed by atoms with Gasteiger partial charge in [0, 0.05) is 31.5 Å². The second kappa shape index (κ2) is 22.0. The number of aromatic amines is 1. The van der Waals surface area contributed by atoms with E-state index in [1.54, 1.807) is 50.4 Å². The van der Waals surface area contributed by atoms with Crippen LogP contribution in [0.5, 0.6) is 0 Å². The quantitative estimate of drug-likeness (QED) is 0.0218. The molecule has 2 aromatic heterocycles. The summed E-state index contributed by atoms with van der Waals surface area (Å²) in [5.74, 6) is -0.0245. The number of thiazole rings is 1. The van der Waals surface area contributed by atoms with Crippen molar-refractivity contribution in [2.75, 3.05) is 32.1 Å². The Morgan fingerprint density at radius 3 is 2.37 bits per heavy atom. The Labute approximate surface area is 370 Å². The fraction of sp³-hybridized carbons (Fsp3) is 0.500. The number of aliphatic hydroxyl groups is 6. The fourth-order valence-electron chi connectivity index (χ4n) is 5.71. The van der Waals surface area contributed by atoms with E-state index in [4.69, 9.17) is 15.6 Å². The Kier molecular flexibility index (Phi) is 18.4. The Balaban J connectivity index is 0.000000319. The number of esters is 1. The minimum absolute atomic E-state index is 0. The molecule has 1 aromatic carbocycles. The van der Waals surface area contributed by atoms with Crippen molar-refractivity contribution in [3.63, 3.8) is 0 Å². The SMILES string of the molecule is Cc1cc2nc3c(=O)[nH]c(=O)nc-3n(C[C@H](O)[C@H](O)[C@H](O)CO)c2cc1C.Cc1ncc(C[n+]2csc(CCOC(=O)CCNC(=O)[C@H](O)C(C)(C)CO)c2C)c(N)n1.[NaH]. The molecule has 20 nitrogen and oxygen atoms in total. The molecule has 5 rings (SSSR count). The van der Waals surface area contributed by atoms with Crippen LogP contribution in [0.25, 0.3) is 22.6 Å². The van der Waals surface area contributed by atoms with Gasteiger partial charge in [-0.15, -0.1) is 0 Å². The van der Waals surface area contributed by atoms with Crippen LogP contribution in [0.15, 0.2) is 33.4 Å². The summed E-state index contributed by atoms with van der Waals surface area (Å²) in [7, 11) is 0. The third kappa shape index (κ3) is 12.6. The van der Waals surface area contributed by atoms with Crippen LogP contribution in [-0.4, -0.2) is 152 Å². The van der Waals surface area contributed by atoms with Crippen molar-refractivity contribution in [1.82, 2.24) is 34.8 Å². The van der Waals surface area contributed by atoms with Gasteiger partial charge in [-0.05, 0) is 44.0 Å². The zero-order chi connectivity index (χ0) is 43.8. The Hall–Kier alpha value is -4.29. The van der Waals surface area contributed by atoms with Crippen LogP contribution in [0.1, 0.15) is 53.4 Å². The number of amides is 1. The van der Waals surface area contributed by atoms with E-state index in [0.29, 0.717) is 35.6 Å². The van der Waals surface area contributed by atoms with Gasteiger partial charge >= 0.3 is 41.2 Å². The molecule has 4 atom stereocenters. The van der Waals surface area contributed by atoms with Gasteiger partial charge in [0.05, 0.1) is 54.3 Å². The molecule has 3 aromatic rings. The summed E-state index contributed by atoms with van der Waals surface area (Å²) >= 11 is 1.57. The molecule has 0 saturated heterocycles. The van der Waals surface area contributed by atoms with E-state index in [2.05, 4.69) is 34.8 Å². The van der Waals surface area contributed by atoms with E-state index in [0.717, 1.165) is 27.3 Å². The van der Waals surface area contributed by atoms with Crippen molar-refractivity contribution in [3.05, 3.63) is 77.8 Å². The maximum atomic E-state index is 12.2. The zero-order valence-electron chi connectivity index (χ0n) is 33.7. The maximum absolute atomic E-state index is 12.2. The topological polar surface area (TPSA) is 313 Å². The molecule has 0 fully saturated rings. The molecule has 2 aliphatic heterocycles.